The minimum atomic E-state index is -0.230. The molecule has 0 aliphatic heterocycles. The molecule has 0 amide bonds. The van der Waals surface area contributed by atoms with Crippen molar-refractivity contribution in [3.8, 4) is 0 Å². The molecule has 11 heavy (non-hydrogen) atoms. The number of ketones is 1. The molecule has 0 aliphatic carbocycles. The van der Waals surface area contributed by atoms with Gasteiger partial charge >= 0.3 is 0 Å². The van der Waals surface area contributed by atoms with E-state index in [2.05, 4.69) is 7.05 Å². The average molecular weight is 369 g/mol. The molecule has 0 aromatic heterocycles. The van der Waals surface area contributed by atoms with Crippen LogP contribution in [0.2, 0.25) is 0 Å². The zero-order valence-corrected chi connectivity index (χ0v) is 12.6. The molecule has 0 rings (SSSR count). The Bertz CT molecular complexity index is 127. The van der Waals surface area contributed by atoms with Crippen LogP contribution in [0.5, 0.6) is 0 Å². The largest absolute Gasteiger partial charge is 0.456 e. The van der Waals surface area contributed by atoms with Gasteiger partial charge in [-0.25, -0.2) is 0 Å². The second-order valence-corrected chi connectivity index (χ2v) is 3.69. The number of hydrogen-bond donors (Lipinski definition) is 0. The van der Waals surface area contributed by atoms with Gasteiger partial charge in [0.1, 0.15) is 5.78 Å². The molecule has 0 fully saturated rings. The Morgan fingerprint density at radius 2 is 1.82 bits per heavy atom. The van der Waals surface area contributed by atoms with Gasteiger partial charge in [0, 0.05) is 56.0 Å². The third-order valence-electron chi connectivity index (χ3n) is 1.25. The summed E-state index contributed by atoms with van der Waals surface area (Å²) in [7, 11) is 5.40. The van der Waals surface area contributed by atoms with Gasteiger partial charge in [-0.05, 0) is 7.05 Å². The Hall–Kier alpha value is 1.07. The van der Waals surface area contributed by atoms with Gasteiger partial charge in [0.2, 0.25) is 0 Å². The fourth-order valence-corrected chi connectivity index (χ4v) is 0.482. The molecular weight excluding hydrogens is 353 g/mol. The fourth-order valence-electron chi connectivity index (χ4n) is 0.482. The van der Waals surface area contributed by atoms with Gasteiger partial charge in [-0.15, -0.1) is 0 Å². The Kier molecular flexibility index (Phi) is 7.52. The van der Waals surface area contributed by atoms with E-state index in [-0.39, 0.29) is 55.3 Å². The third kappa shape index (κ3) is 7.43. The maximum atomic E-state index is 11.2. The van der Waals surface area contributed by atoms with E-state index in [1.165, 1.54) is 0 Å². The van der Waals surface area contributed by atoms with Crippen molar-refractivity contribution in [1.82, 2.24) is 4.90 Å². The normalized spacial score (nSPS) is 11.1. The number of Topliss-reactive ketones (excluding diaryl/α,β-unsaturated/α-hetero) is 1. The van der Waals surface area contributed by atoms with E-state index >= 15 is 0 Å². The smallest absolute Gasteiger partial charge is 0.149 e. The molecule has 0 aliphatic rings. The maximum Gasteiger partial charge on any atom is 0.149 e. The fraction of sp³-hybridized carbons (Fsp3) is 0.750. The molecule has 2 nitrogen and oxygen atoms in total. The number of carbonyl (C=O) groups is 1. The number of rotatable bonds is 2. The van der Waals surface area contributed by atoms with Crippen LogP contribution in [0.25, 0.3) is 0 Å². The summed E-state index contributed by atoms with van der Waals surface area (Å²) in [5.41, 5.74) is -0.230. The Balaban J connectivity index is 0. The summed E-state index contributed by atoms with van der Waals surface area (Å²) < 4.78 is 0. The van der Waals surface area contributed by atoms with Gasteiger partial charge in [-0.1, -0.05) is 20.8 Å². The first-order valence-electron chi connectivity index (χ1n) is 3.39. The van der Waals surface area contributed by atoms with Gasteiger partial charge in [0.15, 0.2) is 0 Å². The molecule has 0 aromatic rings. The topological polar surface area (TPSA) is 20.3 Å². The second-order valence-electron chi connectivity index (χ2n) is 3.69. The molecule has 63 valence electrons. The van der Waals surface area contributed by atoms with E-state index in [1.54, 1.807) is 11.9 Å². The van der Waals surface area contributed by atoms with Crippen molar-refractivity contribution in [3.05, 3.63) is 7.05 Å². The number of nitrogens with zero attached hydrogens (tertiary/aromatic N) is 1. The van der Waals surface area contributed by atoms with Crippen molar-refractivity contribution in [3.63, 3.8) is 0 Å². The van der Waals surface area contributed by atoms with Crippen LogP contribution in [0.4, 0.5) is 0 Å². The quantitative estimate of drug-likeness (QED) is 0.685. The van der Waals surface area contributed by atoms with Crippen LogP contribution in [-0.4, -0.2) is 24.3 Å². The molecule has 0 spiro atoms. The summed E-state index contributed by atoms with van der Waals surface area (Å²) in [6, 6.07) is 0. The first kappa shape index (κ1) is 14.6. The van der Waals surface area contributed by atoms with Crippen LogP contribution < -0.4 is 0 Å². The first-order chi connectivity index (χ1) is 4.34. The molecule has 0 aromatic carbocycles. The number of hydrogen-bond acceptors (Lipinski definition) is 2. The number of carbonyl (C=O) groups excluding carboxylic acids is 1. The van der Waals surface area contributed by atoms with E-state index < -0.39 is 0 Å². The summed E-state index contributed by atoms with van der Waals surface area (Å²) in [4.78, 5) is 12.8. The van der Waals surface area contributed by atoms with Crippen LogP contribution in [0.1, 0.15) is 20.8 Å². The van der Waals surface area contributed by atoms with E-state index in [9.17, 15) is 4.79 Å². The van der Waals surface area contributed by atoms with Crippen molar-refractivity contribution in [2.24, 2.45) is 5.41 Å². The third-order valence-corrected chi connectivity index (χ3v) is 1.25. The SMILES string of the molecule is [Ac].[CH2-]N(C)CC(=O)C(C)(C)C. The van der Waals surface area contributed by atoms with Crippen LogP contribution in [-0.2, 0) is 4.79 Å². The monoisotopic (exact) mass is 369 g/mol. The van der Waals surface area contributed by atoms with E-state index in [0.717, 1.165) is 0 Å². The predicted octanol–water partition coefficient (Wildman–Crippen LogP) is 1.32. The Morgan fingerprint density at radius 1 is 1.45 bits per heavy atom. The summed E-state index contributed by atoms with van der Waals surface area (Å²) in [5, 5.41) is 0. The second kappa shape index (κ2) is 5.67. The van der Waals surface area contributed by atoms with E-state index in [4.69, 9.17) is 0 Å². The summed E-state index contributed by atoms with van der Waals surface area (Å²) in [6.45, 7) is 6.18. The van der Waals surface area contributed by atoms with Gasteiger partial charge in [-0.3, -0.25) is 11.8 Å². The van der Waals surface area contributed by atoms with Crippen LogP contribution in [0.15, 0.2) is 0 Å². The Labute approximate surface area is 105 Å². The zero-order valence-electron chi connectivity index (χ0n) is 7.85. The molecule has 0 atom stereocenters. The van der Waals surface area contributed by atoms with Gasteiger partial charge < -0.3 is 4.90 Å². The van der Waals surface area contributed by atoms with Crippen molar-refractivity contribution in [2.45, 2.75) is 20.8 Å². The Morgan fingerprint density at radius 3 is 1.91 bits per heavy atom. The molecule has 0 heterocycles. The van der Waals surface area contributed by atoms with Gasteiger partial charge in [-0.2, -0.15) is 0 Å². The van der Waals surface area contributed by atoms with E-state index in [0.29, 0.717) is 6.54 Å². The van der Waals surface area contributed by atoms with Crippen molar-refractivity contribution < 1.29 is 48.9 Å². The maximum absolute atomic E-state index is 11.2. The molecular formula is C8H16AcNO-. The summed E-state index contributed by atoms with van der Waals surface area (Å²) >= 11 is 0. The molecule has 0 saturated heterocycles. The van der Waals surface area contributed by atoms with Crippen molar-refractivity contribution in [2.75, 3.05) is 13.6 Å². The predicted molar refractivity (Wildman–Crippen MR) is 42.4 cm³/mol. The minimum Gasteiger partial charge on any atom is -0.456 e. The molecule has 3 heteroatoms. The summed E-state index contributed by atoms with van der Waals surface area (Å²) in [5.74, 6) is 0.227. The van der Waals surface area contributed by atoms with Gasteiger partial charge in [0.25, 0.3) is 0 Å². The number of likely N-dealkylation sites (N-methyl/N-ethyl adjacent to an activating group) is 1. The average Bonchev–Trinajstić information content (AvgIpc) is 1.60. The van der Waals surface area contributed by atoms with Crippen LogP contribution in [0.3, 0.4) is 0 Å². The van der Waals surface area contributed by atoms with Crippen LogP contribution >= 0.6 is 0 Å². The first-order valence-corrected chi connectivity index (χ1v) is 3.39. The molecule has 0 unspecified atom stereocenters. The molecule has 0 bridgehead atoms. The molecule has 0 saturated carbocycles. The molecule has 1 radical (unpaired) electrons. The van der Waals surface area contributed by atoms with Crippen molar-refractivity contribution in [1.29, 1.82) is 0 Å². The zero-order chi connectivity index (χ0) is 8.36. The van der Waals surface area contributed by atoms with Crippen molar-refractivity contribution >= 4 is 5.78 Å². The molecule has 0 N–H and O–H groups in total. The van der Waals surface area contributed by atoms with Gasteiger partial charge in [0.05, 0.1) is 0 Å². The van der Waals surface area contributed by atoms with E-state index in [1.807, 2.05) is 20.8 Å². The minimum absolute atomic E-state index is 0. The summed E-state index contributed by atoms with van der Waals surface area (Å²) in [6.07, 6.45) is 0. The standard InChI is InChI=1S/C8H16NO.Ac/c1-8(2,3)7(10)6-9(4)5;/h4,6H2,1-3,5H3;/q-1;. The van der Waals surface area contributed by atoms with Crippen LogP contribution in [0, 0.1) is 56.5 Å².